The van der Waals surface area contributed by atoms with Gasteiger partial charge in [0.05, 0.1) is 39.5 Å². The maximum absolute atomic E-state index is 7.40. The average molecular weight is 1070 g/mol. The topological polar surface area (TPSA) is 44.5 Å². The lowest BCUT2D eigenvalue weighted by Gasteiger charge is -2.35. The van der Waals surface area contributed by atoms with Gasteiger partial charge in [-0.15, -0.1) is 0 Å². The number of allylic oxidation sites excluding steroid dienone is 4. The van der Waals surface area contributed by atoms with Crippen molar-refractivity contribution in [2.45, 2.75) is 399 Å². The summed E-state index contributed by atoms with van der Waals surface area (Å²) in [7, 11) is 4.82. The van der Waals surface area contributed by atoms with Gasteiger partial charge >= 0.3 is 0 Å². The summed E-state index contributed by atoms with van der Waals surface area (Å²) in [5.74, 6) is 0. The first-order valence-electron chi connectivity index (χ1n) is 35.5. The van der Waals surface area contributed by atoms with Crippen LogP contribution in [0.15, 0.2) is 24.3 Å². The molecule has 0 aromatic rings. The normalized spacial score (nSPS) is 13.5. The molecule has 0 radical (unpaired) electrons. The maximum atomic E-state index is 7.40. The lowest BCUT2D eigenvalue weighted by molar-refractivity contribution is -0.893. The van der Waals surface area contributed by atoms with E-state index in [2.05, 4.69) is 66.1 Å². The summed E-state index contributed by atoms with van der Waals surface area (Å²) in [6, 6.07) is 0. The summed E-state index contributed by atoms with van der Waals surface area (Å²) in [5, 5.41) is 0. The van der Waals surface area contributed by atoms with Gasteiger partial charge in [0.2, 0.25) is 0 Å². The van der Waals surface area contributed by atoms with E-state index in [0.29, 0.717) is 12.2 Å². The summed E-state index contributed by atoms with van der Waals surface area (Å²) < 4.78 is 15.5. The Labute approximate surface area is 481 Å². The van der Waals surface area contributed by atoms with Crippen molar-refractivity contribution in [2.24, 2.45) is 5.73 Å². The van der Waals surface area contributed by atoms with Crippen LogP contribution in [0.5, 0.6) is 0 Å². The fourth-order valence-corrected chi connectivity index (χ4v) is 11.7. The van der Waals surface area contributed by atoms with Crippen molar-refractivity contribution in [3.8, 4) is 0 Å². The SMILES string of the molecule is CCCCCCCC/C=C\CCCCCCCC(CCCCCCCCCCCCCC)OCC(C[N+](C)(C)CCCN)OC(CCCCCCC/C=C\CCCCCCCC)CCCCCCCCCCCCCC. The van der Waals surface area contributed by atoms with Gasteiger partial charge in [0.25, 0.3) is 0 Å². The third kappa shape index (κ3) is 59.4. The van der Waals surface area contributed by atoms with Crippen molar-refractivity contribution in [3.05, 3.63) is 24.3 Å². The molecule has 454 valence electrons. The van der Waals surface area contributed by atoms with Crippen LogP contribution in [0, 0.1) is 0 Å². The van der Waals surface area contributed by atoms with Crippen molar-refractivity contribution < 1.29 is 14.0 Å². The predicted molar refractivity (Wildman–Crippen MR) is 344 cm³/mol. The number of rotatable bonds is 66. The molecule has 0 aromatic carbocycles. The van der Waals surface area contributed by atoms with Crippen LogP contribution in [0.2, 0.25) is 0 Å². The molecule has 0 rings (SSSR count). The molecule has 0 aliphatic rings. The van der Waals surface area contributed by atoms with Crippen molar-refractivity contribution in [1.29, 1.82) is 0 Å². The molecular formula is C72H145N2O2+. The van der Waals surface area contributed by atoms with Gasteiger partial charge < -0.3 is 19.7 Å². The number of nitrogens with two attached hydrogens (primary N) is 1. The summed E-state index contributed by atoms with van der Waals surface area (Å²) in [4.78, 5) is 0. The number of quaternary nitrogens is 1. The number of hydrogen-bond acceptors (Lipinski definition) is 3. The second-order valence-electron chi connectivity index (χ2n) is 25.4. The van der Waals surface area contributed by atoms with Gasteiger partial charge in [-0.25, -0.2) is 0 Å². The van der Waals surface area contributed by atoms with Gasteiger partial charge in [-0.3, -0.25) is 0 Å². The van der Waals surface area contributed by atoms with E-state index < -0.39 is 0 Å². The first-order valence-corrected chi connectivity index (χ1v) is 35.5. The Kier molecular flexibility index (Phi) is 62.9. The average Bonchev–Trinajstić information content (AvgIpc) is 3.41. The number of nitrogens with zero attached hydrogens (tertiary/aromatic N) is 1. The van der Waals surface area contributed by atoms with Crippen LogP contribution < -0.4 is 5.73 Å². The van der Waals surface area contributed by atoms with Crippen LogP contribution in [-0.4, -0.2) is 63.1 Å². The van der Waals surface area contributed by atoms with E-state index in [-0.39, 0.29) is 6.10 Å². The Balaban J connectivity index is 5.53. The number of ether oxygens (including phenoxy) is 2. The number of likely N-dealkylation sites (N-methyl/N-ethyl adjacent to an activating group) is 1. The third-order valence-electron chi connectivity index (χ3n) is 16.9. The highest BCUT2D eigenvalue weighted by Gasteiger charge is 2.27. The largest absolute Gasteiger partial charge is 0.375 e. The minimum absolute atomic E-state index is 0.136. The molecule has 3 unspecified atom stereocenters. The molecule has 0 fully saturated rings. The van der Waals surface area contributed by atoms with Gasteiger partial charge in [-0.1, -0.05) is 322 Å². The zero-order chi connectivity index (χ0) is 55.2. The molecule has 0 spiro atoms. The highest BCUT2D eigenvalue weighted by atomic mass is 16.5. The number of unbranched alkanes of at least 4 members (excludes halogenated alkanes) is 44. The molecule has 4 nitrogen and oxygen atoms in total. The van der Waals surface area contributed by atoms with E-state index in [1.54, 1.807) is 0 Å². The first-order chi connectivity index (χ1) is 37.4. The molecule has 0 aliphatic carbocycles. The molecule has 76 heavy (non-hydrogen) atoms. The van der Waals surface area contributed by atoms with Crippen molar-refractivity contribution in [1.82, 2.24) is 0 Å². The van der Waals surface area contributed by atoms with Crippen LogP contribution in [0.4, 0.5) is 0 Å². The molecule has 0 aromatic heterocycles. The van der Waals surface area contributed by atoms with Gasteiger partial charge in [0.1, 0.15) is 12.6 Å². The fraction of sp³-hybridized carbons (Fsp3) is 0.944. The lowest BCUT2D eigenvalue weighted by atomic mass is 10.0. The molecule has 0 saturated heterocycles. The van der Waals surface area contributed by atoms with Crippen LogP contribution in [0.1, 0.15) is 381 Å². The smallest absolute Gasteiger partial charge is 0.130 e. The zero-order valence-corrected chi connectivity index (χ0v) is 53.6. The molecule has 0 saturated carbocycles. The van der Waals surface area contributed by atoms with E-state index in [4.69, 9.17) is 15.2 Å². The summed E-state index contributed by atoms with van der Waals surface area (Å²) in [6.07, 6.45) is 85.7. The van der Waals surface area contributed by atoms with E-state index in [1.165, 1.54) is 347 Å². The van der Waals surface area contributed by atoms with Crippen LogP contribution in [0.3, 0.4) is 0 Å². The molecule has 4 heteroatoms. The fourth-order valence-electron chi connectivity index (χ4n) is 11.7. The van der Waals surface area contributed by atoms with Crippen LogP contribution >= 0.6 is 0 Å². The van der Waals surface area contributed by atoms with Gasteiger partial charge in [-0.05, 0) is 83.6 Å². The Morgan fingerprint density at radius 2 is 0.553 bits per heavy atom. The molecule has 0 bridgehead atoms. The van der Waals surface area contributed by atoms with Gasteiger partial charge in [-0.2, -0.15) is 0 Å². The zero-order valence-electron chi connectivity index (χ0n) is 53.6. The van der Waals surface area contributed by atoms with Gasteiger partial charge in [0, 0.05) is 6.42 Å². The Hall–Kier alpha value is -0.680. The molecule has 0 amide bonds. The molecule has 0 aliphatic heterocycles. The molecular weight excluding hydrogens is 925 g/mol. The van der Waals surface area contributed by atoms with Gasteiger partial charge in [0.15, 0.2) is 0 Å². The summed E-state index contributed by atoms with van der Waals surface area (Å²) in [5.41, 5.74) is 6.11. The summed E-state index contributed by atoms with van der Waals surface area (Å²) >= 11 is 0. The van der Waals surface area contributed by atoms with Crippen molar-refractivity contribution in [3.63, 3.8) is 0 Å². The van der Waals surface area contributed by atoms with Crippen LogP contribution in [0.25, 0.3) is 0 Å². The van der Waals surface area contributed by atoms with Crippen molar-refractivity contribution >= 4 is 0 Å². The maximum Gasteiger partial charge on any atom is 0.130 e. The highest BCUT2D eigenvalue weighted by molar-refractivity contribution is 4.82. The van der Waals surface area contributed by atoms with Crippen molar-refractivity contribution in [2.75, 3.05) is 40.3 Å². The van der Waals surface area contributed by atoms with E-state index in [0.717, 1.165) is 37.1 Å². The Bertz CT molecular complexity index is 1120. The second-order valence-corrected chi connectivity index (χ2v) is 25.4. The highest BCUT2D eigenvalue weighted by Crippen LogP contribution is 2.23. The molecule has 3 atom stereocenters. The second kappa shape index (κ2) is 63.5. The monoisotopic (exact) mass is 1070 g/mol. The van der Waals surface area contributed by atoms with Crippen LogP contribution in [-0.2, 0) is 9.47 Å². The first kappa shape index (κ1) is 75.3. The lowest BCUT2D eigenvalue weighted by Crippen LogP contribution is -2.49. The Morgan fingerprint density at radius 1 is 0.303 bits per heavy atom. The third-order valence-corrected chi connectivity index (χ3v) is 16.9. The van der Waals surface area contributed by atoms with E-state index >= 15 is 0 Å². The minimum atomic E-state index is 0.136. The molecule has 2 N–H and O–H groups in total. The minimum Gasteiger partial charge on any atom is -0.375 e. The number of hydrogen-bond donors (Lipinski definition) is 1. The standard InChI is InChI=1S/C72H145N2O2/c1-7-11-15-19-23-27-31-35-37-39-43-46-50-54-58-63-70(62-57-53-49-45-41-33-29-25-21-17-13-9-3)75-69-72(68-74(5,6)67-61-66-73)76-71(64-59-55-51-47-42-34-30-26-22-18-14-10-4)65-60-56-52-48-44-40-38-36-32-28-24-20-16-12-8-2/h35-38,70-72H,7-34,39-69,73H2,1-6H3/q+1/b37-35-,38-36-. The van der Waals surface area contributed by atoms with E-state index in [9.17, 15) is 0 Å². The van der Waals surface area contributed by atoms with E-state index in [1.807, 2.05) is 0 Å². The molecule has 0 heterocycles. The quantitative estimate of drug-likeness (QED) is 0.0375. The Morgan fingerprint density at radius 3 is 0.829 bits per heavy atom. The summed E-state index contributed by atoms with van der Waals surface area (Å²) in [6.45, 7) is 12.9. The predicted octanol–water partition coefficient (Wildman–Crippen LogP) is 23.8.